The number of nitrogens with zero attached hydrogens (tertiary/aromatic N) is 4. The van der Waals surface area contributed by atoms with E-state index < -0.39 is 0 Å². The van der Waals surface area contributed by atoms with Crippen LogP contribution in [0, 0.1) is 11.3 Å². The largest absolute Gasteiger partial charge is 0.369 e. The zero-order chi connectivity index (χ0) is 18.8. The molecule has 136 valence electrons. The van der Waals surface area contributed by atoms with E-state index in [1.807, 2.05) is 24.3 Å². The molecule has 0 N–H and O–H groups in total. The number of imide groups is 1. The molecular weight excluding hydrogens is 340 g/mol. The molecule has 0 aliphatic carbocycles. The van der Waals surface area contributed by atoms with Crippen molar-refractivity contribution in [2.75, 3.05) is 44.2 Å². The highest BCUT2D eigenvalue weighted by atomic mass is 16.2. The molecule has 0 bridgehead atoms. The van der Waals surface area contributed by atoms with Crippen LogP contribution in [0.3, 0.4) is 0 Å². The van der Waals surface area contributed by atoms with E-state index in [0.717, 1.165) is 31.9 Å². The maximum Gasteiger partial charge on any atom is 0.261 e. The third-order valence-electron chi connectivity index (χ3n) is 5.23. The molecule has 1 fully saturated rings. The quantitative estimate of drug-likeness (QED) is 0.780. The second-order valence-corrected chi connectivity index (χ2v) is 6.80. The third kappa shape index (κ3) is 3.29. The molecular formula is C21H20N4O2. The van der Waals surface area contributed by atoms with Gasteiger partial charge >= 0.3 is 0 Å². The molecule has 27 heavy (non-hydrogen) atoms. The SMILES string of the molecule is N#Cc1cccc(N2CCN(CCN3C(=O)c4ccccc4C3=O)CC2)c1. The number of amides is 2. The Balaban J connectivity index is 1.32. The fourth-order valence-corrected chi connectivity index (χ4v) is 3.69. The normalized spacial score (nSPS) is 17.1. The van der Waals surface area contributed by atoms with Gasteiger partial charge in [0.1, 0.15) is 0 Å². The summed E-state index contributed by atoms with van der Waals surface area (Å²) in [6.45, 7) is 4.53. The van der Waals surface area contributed by atoms with E-state index >= 15 is 0 Å². The summed E-state index contributed by atoms with van der Waals surface area (Å²) in [5.41, 5.74) is 2.74. The Morgan fingerprint density at radius 1 is 0.852 bits per heavy atom. The summed E-state index contributed by atoms with van der Waals surface area (Å²) in [6.07, 6.45) is 0. The molecule has 2 amide bonds. The fraction of sp³-hybridized carbons (Fsp3) is 0.286. The standard InChI is InChI=1S/C21H20N4O2/c22-15-16-4-3-5-17(14-16)24-11-8-23(9-12-24)10-13-25-20(26)18-6-1-2-7-19(18)21(25)27/h1-7,14H,8-13H2. The van der Waals surface area contributed by atoms with Crippen LogP contribution < -0.4 is 4.90 Å². The van der Waals surface area contributed by atoms with Crippen molar-refractivity contribution in [3.63, 3.8) is 0 Å². The highest BCUT2D eigenvalue weighted by molar-refractivity contribution is 6.21. The van der Waals surface area contributed by atoms with Gasteiger partial charge in [-0.15, -0.1) is 0 Å². The number of piperazine rings is 1. The molecule has 2 aromatic carbocycles. The van der Waals surface area contributed by atoms with Gasteiger partial charge in [-0.3, -0.25) is 19.4 Å². The van der Waals surface area contributed by atoms with Gasteiger partial charge in [0.15, 0.2) is 0 Å². The van der Waals surface area contributed by atoms with Crippen molar-refractivity contribution in [2.45, 2.75) is 0 Å². The number of nitriles is 1. The molecule has 6 heteroatoms. The number of fused-ring (bicyclic) bond motifs is 1. The number of anilines is 1. The maximum absolute atomic E-state index is 12.4. The fourth-order valence-electron chi connectivity index (χ4n) is 3.69. The van der Waals surface area contributed by atoms with Gasteiger partial charge in [-0.1, -0.05) is 18.2 Å². The van der Waals surface area contributed by atoms with Crippen molar-refractivity contribution in [2.24, 2.45) is 0 Å². The van der Waals surface area contributed by atoms with Gasteiger partial charge in [-0.05, 0) is 30.3 Å². The molecule has 1 saturated heterocycles. The van der Waals surface area contributed by atoms with Crippen molar-refractivity contribution in [3.8, 4) is 6.07 Å². The van der Waals surface area contributed by atoms with E-state index in [1.165, 1.54) is 4.90 Å². The Morgan fingerprint density at radius 2 is 1.52 bits per heavy atom. The molecule has 0 spiro atoms. The predicted molar refractivity (Wildman–Crippen MR) is 102 cm³/mol. The van der Waals surface area contributed by atoms with Crippen LogP contribution >= 0.6 is 0 Å². The first-order chi connectivity index (χ1) is 13.2. The summed E-state index contributed by atoms with van der Waals surface area (Å²) in [4.78, 5) is 30.7. The van der Waals surface area contributed by atoms with Gasteiger partial charge in [-0.25, -0.2) is 0 Å². The van der Waals surface area contributed by atoms with E-state index in [9.17, 15) is 9.59 Å². The molecule has 0 radical (unpaired) electrons. The van der Waals surface area contributed by atoms with Gasteiger partial charge in [0.2, 0.25) is 0 Å². The van der Waals surface area contributed by atoms with Gasteiger partial charge < -0.3 is 4.90 Å². The van der Waals surface area contributed by atoms with E-state index in [1.54, 1.807) is 24.3 Å². The Kier molecular flexibility index (Phi) is 4.61. The average Bonchev–Trinajstić information content (AvgIpc) is 2.97. The van der Waals surface area contributed by atoms with Crippen molar-refractivity contribution in [1.82, 2.24) is 9.80 Å². The molecule has 0 aromatic heterocycles. The summed E-state index contributed by atoms with van der Waals surface area (Å²) < 4.78 is 0. The smallest absolute Gasteiger partial charge is 0.261 e. The number of hydrogen-bond acceptors (Lipinski definition) is 5. The van der Waals surface area contributed by atoms with Gasteiger partial charge in [-0.2, -0.15) is 5.26 Å². The summed E-state index contributed by atoms with van der Waals surface area (Å²) in [6, 6.07) is 16.8. The van der Waals surface area contributed by atoms with Crippen LogP contribution in [-0.2, 0) is 0 Å². The lowest BCUT2D eigenvalue weighted by Crippen LogP contribution is -2.49. The van der Waals surface area contributed by atoms with Crippen LogP contribution in [-0.4, -0.2) is 60.9 Å². The van der Waals surface area contributed by atoms with Crippen LogP contribution in [0.4, 0.5) is 5.69 Å². The first kappa shape index (κ1) is 17.3. The molecule has 0 unspecified atom stereocenters. The van der Waals surface area contributed by atoms with E-state index in [0.29, 0.717) is 29.8 Å². The van der Waals surface area contributed by atoms with Crippen molar-refractivity contribution >= 4 is 17.5 Å². The molecule has 4 rings (SSSR count). The monoisotopic (exact) mass is 360 g/mol. The molecule has 0 atom stereocenters. The zero-order valence-electron chi connectivity index (χ0n) is 15.0. The number of carbonyl (C=O) groups excluding carboxylic acids is 2. The Morgan fingerprint density at radius 3 is 2.15 bits per heavy atom. The number of hydrogen-bond donors (Lipinski definition) is 0. The predicted octanol–water partition coefficient (Wildman–Crippen LogP) is 1.98. The van der Waals surface area contributed by atoms with Gasteiger partial charge in [0, 0.05) is 45.0 Å². The first-order valence-corrected chi connectivity index (χ1v) is 9.10. The van der Waals surface area contributed by atoms with E-state index in [2.05, 4.69) is 15.9 Å². The second kappa shape index (κ2) is 7.22. The first-order valence-electron chi connectivity index (χ1n) is 9.10. The third-order valence-corrected chi connectivity index (χ3v) is 5.23. The van der Waals surface area contributed by atoms with Gasteiger partial charge in [0.05, 0.1) is 22.8 Å². The van der Waals surface area contributed by atoms with E-state index in [4.69, 9.17) is 5.26 Å². The van der Waals surface area contributed by atoms with Crippen LogP contribution in [0.1, 0.15) is 26.3 Å². The van der Waals surface area contributed by atoms with Crippen molar-refractivity contribution in [1.29, 1.82) is 5.26 Å². The Labute approximate surface area is 158 Å². The Hall–Kier alpha value is -3.17. The number of benzene rings is 2. The average molecular weight is 360 g/mol. The van der Waals surface area contributed by atoms with Crippen LogP contribution in [0.5, 0.6) is 0 Å². The summed E-state index contributed by atoms with van der Waals surface area (Å²) in [5, 5.41) is 9.05. The zero-order valence-corrected chi connectivity index (χ0v) is 15.0. The number of carbonyl (C=O) groups is 2. The molecule has 2 aliphatic heterocycles. The highest BCUT2D eigenvalue weighted by Crippen LogP contribution is 2.22. The molecule has 2 aliphatic rings. The minimum absolute atomic E-state index is 0.192. The molecule has 2 aromatic rings. The molecule has 2 heterocycles. The van der Waals surface area contributed by atoms with Crippen molar-refractivity contribution < 1.29 is 9.59 Å². The second-order valence-electron chi connectivity index (χ2n) is 6.80. The molecule has 6 nitrogen and oxygen atoms in total. The lowest BCUT2D eigenvalue weighted by molar-refractivity contribution is 0.0635. The van der Waals surface area contributed by atoms with Crippen LogP contribution in [0.2, 0.25) is 0 Å². The van der Waals surface area contributed by atoms with Gasteiger partial charge in [0.25, 0.3) is 11.8 Å². The van der Waals surface area contributed by atoms with E-state index in [-0.39, 0.29) is 11.8 Å². The van der Waals surface area contributed by atoms with Crippen molar-refractivity contribution in [3.05, 3.63) is 65.2 Å². The minimum Gasteiger partial charge on any atom is -0.369 e. The lowest BCUT2D eigenvalue weighted by Gasteiger charge is -2.36. The van der Waals surface area contributed by atoms with Crippen LogP contribution in [0.15, 0.2) is 48.5 Å². The highest BCUT2D eigenvalue weighted by Gasteiger charge is 2.35. The summed E-state index contributed by atoms with van der Waals surface area (Å²) >= 11 is 0. The minimum atomic E-state index is -0.192. The number of rotatable bonds is 4. The Bertz CT molecular complexity index is 891. The summed E-state index contributed by atoms with van der Waals surface area (Å²) in [5.74, 6) is -0.384. The lowest BCUT2D eigenvalue weighted by atomic mass is 10.1. The topological polar surface area (TPSA) is 67.7 Å². The molecule has 0 saturated carbocycles. The maximum atomic E-state index is 12.4. The van der Waals surface area contributed by atoms with Crippen LogP contribution in [0.25, 0.3) is 0 Å². The summed E-state index contributed by atoms with van der Waals surface area (Å²) in [7, 11) is 0.